The number of nitrogens with zero attached hydrogens (tertiary/aromatic N) is 5. The number of benzene rings is 2. The summed E-state index contributed by atoms with van der Waals surface area (Å²) >= 11 is 0. The van der Waals surface area contributed by atoms with Crippen LogP contribution in [-0.2, 0) is 30.8 Å². The number of nitro groups is 1. The van der Waals surface area contributed by atoms with Crippen LogP contribution in [0.25, 0.3) is 0 Å². The minimum Gasteiger partial charge on any atom is -0.493 e. The first-order chi connectivity index (χ1) is 19.9. The Morgan fingerprint density at radius 3 is 2.83 bits per heavy atom. The Balaban J connectivity index is 1.32. The molecule has 13 heteroatoms. The summed E-state index contributed by atoms with van der Waals surface area (Å²) in [6, 6.07) is 6.16. The van der Waals surface area contributed by atoms with E-state index in [1.807, 2.05) is 6.07 Å². The number of ether oxygens (including phenoxy) is 4. The highest BCUT2D eigenvalue weighted by molar-refractivity contribution is 5.84. The number of imidazole rings is 1. The SMILES string of the molecule is CO/N=C/c1cc(OC)c(OCC(O)Cn2c([N+](=O)[O-])cnc2C)c2c1CC1c3cc4c(cc3CCN1C2)OCO4. The van der Waals surface area contributed by atoms with Crippen molar-refractivity contribution in [2.45, 2.75) is 45.0 Å². The number of hydrogen-bond acceptors (Lipinski definition) is 11. The summed E-state index contributed by atoms with van der Waals surface area (Å²) in [6.45, 7) is 3.19. The van der Waals surface area contributed by atoms with Gasteiger partial charge in [-0.1, -0.05) is 5.16 Å². The van der Waals surface area contributed by atoms with Gasteiger partial charge in [0.1, 0.15) is 32.6 Å². The first-order valence-electron chi connectivity index (χ1n) is 13.3. The summed E-state index contributed by atoms with van der Waals surface area (Å²) in [5, 5.41) is 26.2. The molecule has 2 unspecified atom stereocenters. The molecule has 6 rings (SSSR count). The van der Waals surface area contributed by atoms with Gasteiger partial charge in [-0.05, 0) is 52.7 Å². The van der Waals surface area contributed by atoms with E-state index in [2.05, 4.69) is 27.2 Å². The van der Waals surface area contributed by atoms with E-state index in [9.17, 15) is 15.2 Å². The van der Waals surface area contributed by atoms with Gasteiger partial charge in [-0.2, -0.15) is 0 Å². The second-order valence-corrected chi connectivity index (χ2v) is 10.2. The molecule has 1 N–H and O–H groups in total. The third kappa shape index (κ3) is 4.91. The lowest BCUT2D eigenvalue weighted by Crippen LogP contribution is -2.40. The number of aromatic nitrogens is 2. The van der Waals surface area contributed by atoms with Gasteiger partial charge in [0.25, 0.3) is 0 Å². The van der Waals surface area contributed by atoms with Crippen LogP contribution in [0, 0.1) is 17.0 Å². The van der Waals surface area contributed by atoms with Crippen LogP contribution in [0.5, 0.6) is 23.0 Å². The topological polar surface area (TPSA) is 143 Å². The lowest BCUT2D eigenvalue weighted by molar-refractivity contribution is -0.392. The van der Waals surface area contributed by atoms with Gasteiger partial charge >= 0.3 is 5.82 Å². The zero-order valence-corrected chi connectivity index (χ0v) is 23.0. The predicted octanol–water partition coefficient (Wildman–Crippen LogP) is 2.91. The molecule has 0 bridgehead atoms. The van der Waals surface area contributed by atoms with E-state index in [0.29, 0.717) is 30.3 Å². The average Bonchev–Trinajstić information content (AvgIpc) is 3.58. The van der Waals surface area contributed by atoms with Crippen molar-refractivity contribution in [1.82, 2.24) is 14.5 Å². The van der Waals surface area contributed by atoms with Crippen molar-refractivity contribution in [3.8, 4) is 23.0 Å². The Morgan fingerprint density at radius 2 is 2.07 bits per heavy atom. The molecule has 1 aromatic heterocycles. The number of aryl methyl sites for hydroxylation is 1. The first kappa shape index (κ1) is 26.8. The molecule has 2 atom stereocenters. The molecule has 216 valence electrons. The molecule has 41 heavy (non-hydrogen) atoms. The van der Waals surface area contributed by atoms with Gasteiger partial charge in [0.15, 0.2) is 28.8 Å². The van der Waals surface area contributed by atoms with Crippen LogP contribution in [0.1, 0.15) is 39.7 Å². The fraction of sp³-hybridized carbons (Fsp3) is 0.429. The summed E-state index contributed by atoms with van der Waals surface area (Å²) in [5.41, 5.74) is 5.31. The lowest BCUT2D eigenvalue weighted by Gasteiger charge is -2.42. The van der Waals surface area contributed by atoms with Crippen molar-refractivity contribution in [1.29, 1.82) is 0 Å². The minimum absolute atomic E-state index is 0.0354. The summed E-state index contributed by atoms with van der Waals surface area (Å²) in [7, 11) is 3.05. The summed E-state index contributed by atoms with van der Waals surface area (Å²) in [5.74, 6) is 2.83. The van der Waals surface area contributed by atoms with Crippen molar-refractivity contribution >= 4 is 12.0 Å². The highest BCUT2D eigenvalue weighted by atomic mass is 16.7. The number of aliphatic hydroxyl groups excluding tert-OH is 1. The predicted molar refractivity (Wildman–Crippen MR) is 146 cm³/mol. The third-order valence-electron chi connectivity index (χ3n) is 7.91. The Labute approximate surface area is 236 Å². The standard InChI is InChI=1S/C28H31N5O8/c1-16-29-11-27(33(35)36)32(16)12-19(34)14-39-28-22-13-31-5-4-17-6-24-25(41-15-40-24)9-21(17)23(31)8-20(22)18(10-30-38-3)7-26(28)37-2/h6-7,9-11,19,23,34H,4-5,8,12-15H2,1-3H3/b30-10+. The zero-order chi connectivity index (χ0) is 28.7. The maximum absolute atomic E-state index is 11.4. The molecular formula is C28H31N5O8. The van der Waals surface area contributed by atoms with E-state index in [1.165, 1.54) is 29.0 Å². The summed E-state index contributed by atoms with van der Waals surface area (Å²) in [6.07, 6.45) is 3.39. The van der Waals surface area contributed by atoms with Gasteiger partial charge in [-0.25, -0.2) is 9.55 Å². The maximum atomic E-state index is 11.4. The smallest absolute Gasteiger partial charge is 0.342 e. The van der Waals surface area contributed by atoms with Gasteiger partial charge in [0, 0.05) is 37.2 Å². The van der Waals surface area contributed by atoms with E-state index < -0.39 is 11.0 Å². The Morgan fingerprint density at radius 1 is 1.27 bits per heavy atom. The number of rotatable bonds is 9. The molecule has 0 aliphatic carbocycles. The molecule has 3 aromatic rings. The molecule has 0 saturated carbocycles. The second kappa shape index (κ2) is 10.9. The Kier molecular flexibility index (Phi) is 7.14. The largest absolute Gasteiger partial charge is 0.493 e. The van der Waals surface area contributed by atoms with E-state index in [4.69, 9.17) is 23.8 Å². The highest BCUT2D eigenvalue weighted by Crippen LogP contribution is 2.47. The van der Waals surface area contributed by atoms with E-state index >= 15 is 0 Å². The maximum Gasteiger partial charge on any atom is 0.342 e. The molecule has 0 radical (unpaired) electrons. The number of methoxy groups -OCH3 is 1. The number of oxime groups is 1. The third-order valence-corrected chi connectivity index (χ3v) is 7.91. The molecular weight excluding hydrogens is 534 g/mol. The van der Waals surface area contributed by atoms with Crippen LogP contribution < -0.4 is 18.9 Å². The van der Waals surface area contributed by atoms with Crippen LogP contribution in [0.3, 0.4) is 0 Å². The van der Waals surface area contributed by atoms with E-state index in [1.54, 1.807) is 20.2 Å². The van der Waals surface area contributed by atoms with Gasteiger partial charge in [0.05, 0.1) is 13.3 Å². The number of aliphatic hydroxyl groups is 1. The fourth-order valence-electron chi connectivity index (χ4n) is 5.94. The van der Waals surface area contributed by atoms with Crippen molar-refractivity contribution in [3.05, 3.63) is 68.2 Å². The second-order valence-electron chi connectivity index (χ2n) is 10.2. The Bertz CT molecular complexity index is 1520. The minimum atomic E-state index is -1.03. The van der Waals surface area contributed by atoms with Crippen molar-refractivity contribution in [3.63, 3.8) is 0 Å². The van der Waals surface area contributed by atoms with Crippen molar-refractivity contribution in [2.24, 2.45) is 5.16 Å². The van der Waals surface area contributed by atoms with Crippen molar-refractivity contribution in [2.75, 3.05) is 34.2 Å². The van der Waals surface area contributed by atoms with Gasteiger partial charge in [0.2, 0.25) is 6.79 Å². The van der Waals surface area contributed by atoms with Gasteiger partial charge in [-0.15, -0.1) is 0 Å². The molecule has 2 aromatic carbocycles. The highest BCUT2D eigenvalue weighted by Gasteiger charge is 2.37. The van der Waals surface area contributed by atoms with Crippen LogP contribution >= 0.6 is 0 Å². The average molecular weight is 566 g/mol. The van der Waals surface area contributed by atoms with Gasteiger partial charge in [-0.3, -0.25) is 4.90 Å². The quantitative estimate of drug-likeness (QED) is 0.234. The molecule has 0 amide bonds. The molecule has 0 fully saturated rings. The molecule has 0 saturated heterocycles. The van der Waals surface area contributed by atoms with Crippen molar-refractivity contribution < 1.29 is 33.8 Å². The molecule has 3 aliphatic rings. The summed E-state index contributed by atoms with van der Waals surface area (Å²) < 4.78 is 24.6. The Hall–Kier alpha value is -4.36. The van der Waals surface area contributed by atoms with Crippen LogP contribution in [0.4, 0.5) is 5.82 Å². The monoisotopic (exact) mass is 565 g/mol. The van der Waals surface area contributed by atoms with E-state index in [-0.39, 0.29) is 31.8 Å². The number of fused-ring (bicyclic) bond motifs is 5. The normalized spacial score (nSPS) is 18.0. The van der Waals surface area contributed by atoms with E-state index in [0.717, 1.165) is 41.2 Å². The van der Waals surface area contributed by atoms with Crippen LogP contribution in [0.15, 0.2) is 29.6 Å². The van der Waals surface area contributed by atoms with Crippen LogP contribution in [-0.4, -0.2) is 71.0 Å². The summed E-state index contributed by atoms with van der Waals surface area (Å²) in [4.78, 5) is 22.3. The lowest BCUT2D eigenvalue weighted by atomic mass is 9.82. The van der Waals surface area contributed by atoms with Crippen LogP contribution in [0.2, 0.25) is 0 Å². The molecule has 0 spiro atoms. The fourth-order valence-corrected chi connectivity index (χ4v) is 5.94. The zero-order valence-electron chi connectivity index (χ0n) is 23.0. The number of hydrogen-bond donors (Lipinski definition) is 1. The first-order valence-corrected chi connectivity index (χ1v) is 13.3. The van der Waals surface area contributed by atoms with Gasteiger partial charge < -0.3 is 39.0 Å². The molecule has 13 nitrogen and oxygen atoms in total. The molecule has 4 heterocycles. The molecule has 3 aliphatic heterocycles.